The molecule has 0 aliphatic carbocycles. The second kappa shape index (κ2) is 6.20. The highest BCUT2D eigenvalue weighted by molar-refractivity contribution is 7.89. The zero-order chi connectivity index (χ0) is 14.9. The van der Waals surface area contributed by atoms with Crippen molar-refractivity contribution in [2.75, 3.05) is 13.1 Å². The van der Waals surface area contributed by atoms with Crippen LogP contribution < -0.4 is 5.73 Å². The molecule has 112 valence electrons. The Morgan fingerprint density at radius 2 is 1.90 bits per heavy atom. The van der Waals surface area contributed by atoms with E-state index in [9.17, 15) is 8.42 Å². The van der Waals surface area contributed by atoms with E-state index < -0.39 is 10.0 Å². The number of nitrogens with two attached hydrogens (primary N) is 1. The molecular formula is C13H18Cl2N2O2S. The smallest absolute Gasteiger partial charge is 0.244 e. The molecule has 1 fully saturated rings. The number of hydrogen-bond acceptors (Lipinski definition) is 3. The van der Waals surface area contributed by atoms with Gasteiger partial charge < -0.3 is 5.73 Å². The van der Waals surface area contributed by atoms with Crippen LogP contribution in [0.2, 0.25) is 10.0 Å². The van der Waals surface area contributed by atoms with E-state index in [1.54, 1.807) is 0 Å². The number of benzene rings is 1. The van der Waals surface area contributed by atoms with Gasteiger partial charge in [0.15, 0.2) is 0 Å². The first-order valence-electron chi connectivity index (χ1n) is 6.55. The Morgan fingerprint density at radius 1 is 1.30 bits per heavy atom. The molecule has 0 radical (unpaired) electrons. The maximum Gasteiger partial charge on any atom is 0.244 e. The lowest BCUT2D eigenvalue weighted by atomic mass is 10.0. The molecule has 20 heavy (non-hydrogen) atoms. The van der Waals surface area contributed by atoms with Crippen LogP contribution in [0.5, 0.6) is 0 Å². The molecule has 4 nitrogen and oxygen atoms in total. The topological polar surface area (TPSA) is 63.4 Å². The predicted octanol–water partition coefficient (Wildman–Crippen LogP) is 2.87. The molecule has 0 amide bonds. The van der Waals surface area contributed by atoms with Gasteiger partial charge >= 0.3 is 0 Å². The molecule has 1 aromatic rings. The highest BCUT2D eigenvalue weighted by Crippen LogP contribution is 2.33. The van der Waals surface area contributed by atoms with Crippen LogP contribution in [-0.2, 0) is 16.6 Å². The van der Waals surface area contributed by atoms with Crippen LogP contribution >= 0.6 is 23.2 Å². The fourth-order valence-corrected chi connectivity index (χ4v) is 4.70. The molecule has 0 atom stereocenters. The molecule has 1 heterocycles. The van der Waals surface area contributed by atoms with Crippen molar-refractivity contribution in [3.8, 4) is 0 Å². The van der Waals surface area contributed by atoms with Gasteiger partial charge in [-0.1, -0.05) is 30.1 Å². The first-order chi connectivity index (χ1) is 9.37. The third-order valence-electron chi connectivity index (χ3n) is 3.72. The van der Waals surface area contributed by atoms with Gasteiger partial charge in [-0.05, 0) is 30.9 Å². The van der Waals surface area contributed by atoms with E-state index >= 15 is 0 Å². The van der Waals surface area contributed by atoms with Crippen LogP contribution in [0.15, 0.2) is 17.0 Å². The van der Waals surface area contributed by atoms with Crippen molar-refractivity contribution >= 4 is 33.2 Å². The fraction of sp³-hybridized carbons (Fsp3) is 0.538. The number of piperidine rings is 1. The van der Waals surface area contributed by atoms with Gasteiger partial charge in [0.2, 0.25) is 10.0 Å². The molecule has 1 aromatic carbocycles. The molecule has 7 heteroatoms. The molecule has 2 N–H and O–H groups in total. The summed E-state index contributed by atoms with van der Waals surface area (Å²) in [6, 6.07) is 2.99. The van der Waals surface area contributed by atoms with Crippen molar-refractivity contribution in [1.82, 2.24) is 4.31 Å². The Kier molecular flexibility index (Phi) is 4.97. The quantitative estimate of drug-likeness (QED) is 0.922. The summed E-state index contributed by atoms with van der Waals surface area (Å²) in [5.41, 5.74) is 6.06. The van der Waals surface area contributed by atoms with Crippen LogP contribution in [0.3, 0.4) is 0 Å². The minimum absolute atomic E-state index is 0.0959. The average Bonchev–Trinajstić information content (AvgIpc) is 2.39. The Balaban J connectivity index is 2.40. The number of nitrogens with zero attached hydrogens (tertiary/aromatic N) is 1. The second-order valence-corrected chi connectivity index (χ2v) is 7.82. The van der Waals surface area contributed by atoms with E-state index in [4.69, 9.17) is 28.9 Å². The van der Waals surface area contributed by atoms with Gasteiger partial charge in [-0.3, -0.25) is 0 Å². The maximum atomic E-state index is 12.7. The van der Waals surface area contributed by atoms with Crippen molar-refractivity contribution in [2.24, 2.45) is 11.7 Å². The van der Waals surface area contributed by atoms with Gasteiger partial charge in [0.05, 0.1) is 5.02 Å². The van der Waals surface area contributed by atoms with Crippen LogP contribution in [0.1, 0.15) is 25.3 Å². The standard InChI is InChI=1S/C13H18Cl2N2O2S/c1-9-4-6-17(7-5-9)20(18,19)12-3-2-11(14)10(8-16)13(12)15/h2-3,9H,4-8,16H2,1H3. The highest BCUT2D eigenvalue weighted by atomic mass is 35.5. The predicted molar refractivity (Wildman–Crippen MR) is 81.5 cm³/mol. The van der Waals surface area contributed by atoms with E-state index in [1.165, 1.54) is 16.4 Å². The third kappa shape index (κ3) is 2.97. The van der Waals surface area contributed by atoms with E-state index in [1.807, 2.05) is 0 Å². The molecule has 2 rings (SSSR count). The number of hydrogen-bond donors (Lipinski definition) is 1. The van der Waals surface area contributed by atoms with E-state index in [2.05, 4.69) is 6.92 Å². The van der Waals surface area contributed by atoms with Gasteiger partial charge in [0.1, 0.15) is 4.90 Å². The van der Waals surface area contributed by atoms with Gasteiger partial charge in [-0.2, -0.15) is 4.31 Å². The van der Waals surface area contributed by atoms with Crippen molar-refractivity contribution < 1.29 is 8.42 Å². The molecular weight excluding hydrogens is 319 g/mol. The van der Waals surface area contributed by atoms with Crippen LogP contribution in [0, 0.1) is 5.92 Å². The number of halogens is 2. The van der Waals surface area contributed by atoms with Gasteiger partial charge in [-0.25, -0.2) is 8.42 Å². The van der Waals surface area contributed by atoms with Gasteiger partial charge in [0, 0.05) is 30.2 Å². The number of sulfonamides is 1. The lowest BCUT2D eigenvalue weighted by Gasteiger charge is -2.29. The molecule has 0 bridgehead atoms. The van der Waals surface area contributed by atoms with Gasteiger partial charge in [-0.15, -0.1) is 0 Å². The molecule has 0 saturated carbocycles. The summed E-state index contributed by atoms with van der Waals surface area (Å²) in [4.78, 5) is 0.0959. The summed E-state index contributed by atoms with van der Waals surface area (Å²) in [5.74, 6) is 0.557. The molecule has 0 unspecified atom stereocenters. The van der Waals surface area contributed by atoms with Crippen molar-refractivity contribution in [3.63, 3.8) is 0 Å². The second-order valence-electron chi connectivity index (χ2n) is 5.13. The lowest BCUT2D eigenvalue weighted by molar-refractivity contribution is 0.288. The Hall–Kier alpha value is -0.330. The van der Waals surface area contributed by atoms with E-state index in [0.29, 0.717) is 29.6 Å². The SMILES string of the molecule is CC1CCN(S(=O)(=O)c2ccc(Cl)c(CN)c2Cl)CC1. The molecule has 1 saturated heterocycles. The van der Waals surface area contributed by atoms with Crippen LogP contribution in [-0.4, -0.2) is 25.8 Å². The van der Waals surface area contributed by atoms with E-state index in [-0.39, 0.29) is 16.5 Å². The summed E-state index contributed by atoms with van der Waals surface area (Å²) in [6.45, 7) is 3.30. The average molecular weight is 337 g/mol. The first kappa shape index (κ1) is 16.0. The maximum absolute atomic E-state index is 12.7. The Morgan fingerprint density at radius 3 is 2.45 bits per heavy atom. The molecule has 1 aliphatic rings. The van der Waals surface area contributed by atoms with Crippen LogP contribution in [0.4, 0.5) is 0 Å². The zero-order valence-corrected chi connectivity index (χ0v) is 13.6. The molecule has 0 aromatic heterocycles. The summed E-state index contributed by atoms with van der Waals surface area (Å²) in [5, 5.41) is 0.530. The summed E-state index contributed by atoms with van der Waals surface area (Å²) in [6.07, 6.45) is 1.74. The first-order valence-corrected chi connectivity index (χ1v) is 8.74. The summed E-state index contributed by atoms with van der Waals surface area (Å²) >= 11 is 12.2. The normalized spacial score (nSPS) is 18.4. The zero-order valence-electron chi connectivity index (χ0n) is 11.3. The Bertz CT molecular complexity index is 597. The lowest BCUT2D eigenvalue weighted by Crippen LogP contribution is -2.38. The van der Waals surface area contributed by atoms with Gasteiger partial charge in [0.25, 0.3) is 0 Å². The van der Waals surface area contributed by atoms with Crippen molar-refractivity contribution in [2.45, 2.75) is 31.2 Å². The minimum Gasteiger partial charge on any atom is -0.326 e. The fourth-order valence-electron chi connectivity index (χ4n) is 2.33. The third-order valence-corrected chi connectivity index (χ3v) is 6.55. The number of rotatable bonds is 3. The van der Waals surface area contributed by atoms with Crippen LogP contribution in [0.25, 0.3) is 0 Å². The summed E-state index contributed by atoms with van der Waals surface area (Å²) in [7, 11) is -3.58. The van der Waals surface area contributed by atoms with Crippen molar-refractivity contribution in [3.05, 3.63) is 27.7 Å². The highest BCUT2D eigenvalue weighted by Gasteiger charge is 2.30. The summed E-state index contributed by atoms with van der Waals surface area (Å²) < 4.78 is 26.8. The largest absolute Gasteiger partial charge is 0.326 e. The molecule has 0 spiro atoms. The molecule has 1 aliphatic heterocycles. The van der Waals surface area contributed by atoms with Crippen molar-refractivity contribution in [1.29, 1.82) is 0 Å². The van der Waals surface area contributed by atoms with E-state index in [0.717, 1.165) is 12.8 Å². The monoisotopic (exact) mass is 336 g/mol. The Labute approximate surface area is 129 Å². The minimum atomic E-state index is -3.58.